The smallest absolute Gasteiger partial charge is 0.312 e. The van der Waals surface area contributed by atoms with Gasteiger partial charge in [0, 0.05) is 19.4 Å². The highest BCUT2D eigenvalue weighted by Gasteiger charge is 2.41. The number of carbonyl (C=O) groups is 1. The number of methoxy groups -OCH3 is 1. The molecule has 1 rings (SSSR count). The Bertz CT molecular complexity index is 450. The van der Waals surface area contributed by atoms with Crippen molar-refractivity contribution in [2.24, 2.45) is 17.8 Å². The zero-order chi connectivity index (χ0) is 19.9. The molecule has 0 aliphatic heterocycles. The molecule has 0 radical (unpaired) electrons. The van der Waals surface area contributed by atoms with Gasteiger partial charge in [-0.3, -0.25) is 4.79 Å². The summed E-state index contributed by atoms with van der Waals surface area (Å²) < 4.78 is 10.8. The van der Waals surface area contributed by atoms with Gasteiger partial charge < -0.3 is 24.8 Å². The Hall–Kier alpha value is -0.950. The molecule has 1 saturated carbocycles. The van der Waals surface area contributed by atoms with E-state index < -0.39 is 24.2 Å². The number of hydrogen-bond donors (Lipinski definition) is 3. The van der Waals surface area contributed by atoms with E-state index in [1.165, 1.54) is 0 Å². The summed E-state index contributed by atoms with van der Waals surface area (Å²) in [5.74, 6) is -1.46. The highest BCUT2D eigenvalue weighted by atomic mass is 16.5. The van der Waals surface area contributed by atoms with E-state index in [1.807, 2.05) is 26.0 Å². The molecule has 1 fully saturated rings. The molecule has 0 heterocycles. The lowest BCUT2D eigenvalue weighted by Crippen LogP contribution is -2.44. The summed E-state index contributed by atoms with van der Waals surface area (Å²) in [6.45, 7) is 7.22. The molecule has 0 amide bonds. The van der Waals surface area contributed by atoms with Crippen molar-refractivity contribution in [1.82, 2.24) is 0 Å². The zero-order valence-corrected chi connectivity index (χ0v) is 16.7. The number of hydrogen-bond acceptors (Lipinski definition) is 6. The Morgan fingerprint density at radius 3 is 2.42 bits per heavy atom. The highest BCUT2D eigenvalue weighted by molar-refractivity contribution is 5.74. The van der Waals surface area contributed by atoms with Crippen LogP contribution in [0, 0.1) is 17.8 Å². The van der Waals surface area contributed by atoms with Crippen molar-refractivity contribution in [3.8, 4) is 0 Å². The van der Waals surface area contributed by atoms with Gasteiger partial charge in [0.1, 0.15) is 0 Å². The summed E-state index contributed by atoms with van der Waals surface area (Å²) >= 11 is 0. The monoisotopic (exact) mass is 372 g/mol. The van der Waals surface area contributed by atoms with Gasteiger partial charge >= 0.3 is 5.97 Å². The van der Waals surface area contributed by atoms with E-state index in [9.17, 15) is 20.1 Å². The average molecular weight is 373 g/mol. The number of esters is 1. The minimum Gasteiger partial charge on any atom is -0.462 e. The molecule has 0 aromatic heterocycles. The van der Waals surface area contributed by atoms with Gasteiger partial charge in [0.15, 0.2) is 0 Å². The van der Waals surface area contributed by atoms with Gasteiger partial charge in [0.25, 0.3) is 0 Å². The van der Waals surface area contributed by atoms with Crippen LogP contribution < -0.4 is 0 Å². The Morgan fingerprint density at radius 2 is 1.88 bits per heavy atom. The molecular formula is C20H36O6. The number of aliphatic hydroxyl groups excluding tert-OH is 3. The van der Waals surface area contributed by atoms with Crippen LogP contribution in [0.5, 0.6) is 0 Å². The third-order valence-corrected chi connectivity index (χ3v) is 5.54. The third kappa shape index (κ3) is 6.65. The first-order valence-electron chi connectivity index (χ1n) is 9.65. The van der Waals surface area contributed by atoms with Crippen molar-refractivity contribution in [1.29, 1.82) is 0 Å². The largest absolute Gasteiger partial charge is 0.462 e. The van der Waals surface area contributed by atoms with E-state index >= 15 is 0 Å². The van der Waals surface area contributed by atoms with Crippen LogP contribution in [0.2, 0.25) is 0 Å². The summed E-state index contributed by atoms with van der Waals surface area (Å²) in [6, 6.07) is 0. The van der Waals surface area contributed by atoms with Gasteiger partial charge in [0.05, 0.1) is 36.4 Å². The molecule has 3 N–H and O–H groups in total. The first-order chi connectivity index (χ1) is 12.2. The molecule has 152 valence electrons. The van der Waals surface area contributed by atoms with Crippen molar-refractivity contribution < 1.29 is 29.6 Å². The Kier molecular flexibility index (Phi) is 9.79. The van der Waals surface area contributed by atoms with E-state index in [4.69, 9.17) is 9.47 Å². The van der Waals surface area contributed by atoms with E-state index in [0.29, 0.717) is 19.3 Å². The van der Waals surface area contributed by atoms with Crippen molar-refractivity contribution in [3.05, 3.63) is 12.2 Å². The van der Waals surface area contributed by atoms with Crippen LogP contribution in [0.3, 0.4) is 0 Å². The number of aliphatic hydroxyl groups is 3. The molecular weight excluding hydrogens is 336 g/mol. The van der Waals surface area contributed by atoms with Gasteiger partial charge in [-0.1, -0.05) is 26.0 Å². The highest BCUT2D eigenvalue weighted by Crippen LogP contribution is 2.34. The van der Waals surface area contributed by atoms with Gasteiger partial charge in [-0.25, -0.2) is 0 Å². The van der Waals surface area contributed by atoms with Crippen LogP contribution in [0.25, 0.3) is 0 Å². The Morgan fingerprint density at radius 1 is 1.23 bits per heavy atom. The van der Waals surface area contributed by atoms with E-state index in [-0.39, 0.29) is 30.0 Å². The topological polar surface area (TPSA) is 96.2 Å². The number of ether oxygens (including phenoxy) is 2. The lowest BCUT2D eigenvalue weighted by Gasteiger charge is -2.36. The molecule has 6 nitrogen and oxygen atoms in total. The maximum Gasteiger partial charge on any atom is 0.312 e. The SMILES string of the molecule is CCC(C)OC(=O)C1C(O)CC(OC)CC1/C=C/CC(O)C(C)C(C)O. The maximum absolute atomic E-state index is 12.5. The fraction of sp³-hybridized carbons (Fsp3) is 0.850. The van der Waals surface area contributed by atoms with Crippen LogP contribution in [0.1, 0.15) is 53.4 Å². The summed E-state index contributed by atoms with van der Waals surface area (Å²) in [4.78, 5) is 12.5. The van der Waals surface area contributed by atoms with Crippen molar-refractivity contribution >= 4 is 5.97 Å². The fourth-order valence-electron chi connectivity index (χ4n) is 3.26. The standard InChI is InChI=1S/C20H36O6/c1-6-12(2)26-20(24)19-15(10-16(25-5)11-18(19)23)8-7-9-17(22)13(3)14(4)21/h7-8,12-19,21-23H,6,9-11H2,1-5H3/b8-7+. The molecule has 0 aromatic rings. The molecule has 0 aromatic carbocycles. The van der Waals surface area contributed by atoms with Crippen molar-refractivity contribution in [2.75, 3.05) is 7.11 Å². The van der Waals surface area contributed by atoms with E-state index in [1.54, 1.807) is 21.0 Å². The first-order valence-corrected chi connectivity index (χ1v) is 9.65. The molecule has 1 aliphatic rings. The minimum atomic E-state index is -0.818. The van der Waals surface area contributed by atoms with Crippen LogP contribution in [0.4, 0.5) is 0 Å². The van der Waals surface area contributed by atoms with Crippen LogP contribution >= 0.6 is 0 Å². The van der Waals surface area contributed by atoms with E-state index in [2.05, 4.69) is 0 Å². The zero-order valence-electron chi connectivity index (χ0n) is 16.7. The lowest BCUT2D eigenvalue weighted by molar-refractivity contribution is -0.164. The summed E-state index contributed by atoms with van der Waals surface area (Å²) in [5, 5.41) is 30.2. The Labute approximate surface area is 157 Å². The maximum atomic E-state index is 12.5. The normalized spacial score (nSPS) is 31.4. The second kappa shape index (κ2) is 11.0. The summed E-state index contributed by atoms with van der Waals surface area (Å²) in [6.07, 6.45) is 3.44. The van der Waals surface area contributed by atoms with Gasteiger partial charge in [-0.05, 0) is 39.0 Å². The molecule has 0 spiro atoms. The lowest BCUT2D eigenvalue weighted by atomic mass is 9.75. The average Bonchev–Trinajstić information content (AvgIpc) is 2.59. The number of allylic oxidation sites excluding steroid dienone is 1. The first kappa shape index (κ1) is 23.1. The van der Waals surface area contributed by atoms with Crippen molar-refractivity contribution in [2.45, 2.75) is 83.9 Å². The number of carbonyl (C=O) groups excluding carboxylic acids is 1. The van der Waals surface area contributed by atoms with Crippen molar-refractivity contribution in [3.63, 3.8) is 0 Å². The quantitative estimate of drug-likeness (QED) is 0.423. The van der Waals surface area contributed by atoms with Gasteiger partial charge in [0.2, 0.25) is 0 Å². The molecule has 8 unspecified atom stereocenters. The number of rotatable bonds is 9. The predicted molar refractivity (Wildman–Crippen MR) is 99.5 cm³/mol. The van der Waals surface area contributed by atoms with Gasteiger partial charge in [-0.2, -0.15) is 0 Å². The molecule has 26 heavy (non-hydrogen) atoms. The summed E-state index contributed by atoms with van der Waals surface area (Å²) in [7, 11) is 1.60. The molecule has 0 saturated heterocycles. The summed E-state index contributed by atoms with van der Waals surface area (Å²) in [5.41, 5.74) is 0. The fourth-order valence-corrected chi connectivity index (χ4v) is 3.26. The second-order valence-corrected chi connectivity index (χ2v) is 7.57. The second-order valence-electron chi connectivity index (χ2n) is 7.57. The molecule has 6 heteroatoms. The molecule has 0 bridgehead atoms. The van der Waals surface area contributed by atoms with E-state index in [0.717, 1.165) is 6.42 Å². The van der Waals surface area contributed by atoms with Gasteiger partial charge in [-0.15, -0.1) is 0 Å². The minimum absolute atomic E-state index is 0.117. The molecule has 1 aliphatic carbocycles. The predicted octanol–water partition coefficient (Wildman–Crippen LogP) is 2.05. The third-order valence-electron chi connectivity index (χ3n) is 5.54. The molecule has 8 atom stereocenters. The Balaban J connectivity index is 2.82. The van der Waals surface area contributed by atoms with Crippen LogP contribution in [-0.2, 0) is 14.3 Å². The van der Waals surface area contributed by atoms with Crippen LogP contribution in [-0.4, -0.2) is 58.9 Å². The van der Waals surface area contributed by atoms with Crippen LogP contribution in [0.15, 0.2) is 12.2 Å².